The Labute approximate surface area is 139 Å². The maximum Gasteiger partial charge on any atom is 0.348 e. The van der Waals surface area contributed by atoms with Crippen molar-refractivity contribution in [3.8, 4) is 5.75 Å². The molecule has 1 saturated heterocycles. The van der Waals surface area contributed by atoms with Crippen LogP contribution in [0.25, 0.3) is 16.8 Å². The minimum atomic E-state index is -1.23. The fourth-order valence-corrected chi connectivity index (χ4v) is 2.53. The molecule has 0 aromatic heterocycles. The molecule has 1 heterocycles. The fraction of sp³-hybridized carbons (Fsp3) is 0.263. The molecule has 5 nitrogen and oxygen atoms in total. The summed E-state index contributed by atoms with van der Waals surface area (Å²) >= 11 is 0. The van der Waals surface area contributed by atoms with Crippen LogP contribution in [0, 0.1) is 0 Å². The lowest BCUT2D eigenvalue weighted by molar-refractivity contribution is -0.222. The third-order valence-electron chi connectivity index (χ3n) is 3.57. The molecular formula is C19H18O5. The Morgan fingerprint density at radius 1 is 1.00 bits per heavy atom. The van der Waals surface area contributed by atoms with Gasteiger partial charge in [-0.15, -0.1) is 0 Å². The molecule has 0 saturated carbocycles. The van der Waals surface area contributed by atoms with E-state index in [4.69, 9.17) is 14.2 Å². The highest BCUT2D eigenvalue weighted by atomic mass is 16.7. The second kappa shape index (κ2) is 6.00. The van der Waals surface area contributed by atoms with Gasteiger partial charge < -0.3 is 14.2 Å². The van der Waals surface area contributed by atoms with Gasteiger partial charge in [0.1, 0.15) is 11.3 Å². The molecule has 1 aliphatic heterocycles. The van der Waals surface area contributed by atoms with E-state index in [0.29, 0.717) is 6.61 Å². The Kier molecular flexibility index (Phi) is 4.01. The van der Waals surface area contributed by atoms with Gasteiger partial charge in [0.15, 0.2) is 0 Å². The first kappa shape index (κ1) is 16.1. The maximum absolute atomic E-state index is 12.0. The average molecular weight is 326 g/mol. The molecule has 1 aliphatic rings. The molecule has 0 radical (unpaired) electrons. The highest BCUT2D eigenvalue weighted by Crippen LogP contribution is 2.26. The van der Waals surface area contributed by atoms with E-state index >= 15 is 0 Å². The molecule has 0 bridgehead atoms. The van der Waals surface area contributed by atoms with Crippen molar-refractivity contribution in [2.24, 2.45) is 0 Å². The van der Waals surface area contributed by atoms with Crippen molar-refractivity contribution in [1.82, 2.24) is 0 Å². The molecule has 2 aromatic rings. The van der Waals surface area contributed by atoms with Gasteiger partial charge in [-0.3, -0.25) is 0 Å². The quantitative estimate of drug-likeness (QED) is 0.491. The summed E-state index contributed by atoms with van der Waals surface area (Å²) in [7, 11) is 0. The minimum Gasteiger partial charge on any atom is -0.494 e. The zero-order valence-electron chi connectivity index (χ0n) is 13.8. The molecule has 1 fully saturated rings. The standard InChI is InChI=1S/C19H18O5/c1-4-22-15-8-7-13-9-12(5-6-14(13)11-15)10-16-17(20)23-19(2,3)24-18(16)21/h5-11H,4H2,1-3H3. The lowest BCUT2D eigenvalue weighted by atomic mass is 10.0. The molecule has 2 aromatic carbocycles. The smallest absolute Gasteiger partial charge is 0.348 e. The van der Waals surface area contributed by atoms with Crippen LogP contribution < -0.4 is 4.74 Å². The first-order valence-corrected chi connectivity index (χ1v) is 7.73. The summed E-state index contributed by atoms with van der Waals surface area (Å²) in [6.07, 6.45) is 1.48. The van der Waals surface area contributed by atoms with E-state index in [2.05, 4.69) is 0 Å². The molecule has 0 aliphatic carbocycles. The van der Waals surface area contributed by atoms with E-state index < -0.39 is 17.7 Å². The zero-order chi connectivity index (χ0) is 17.3. The van der Waals surface area contributed by atoms with Gasteiger partial charge in [-0.2, -0.15) is 0 Å². The van der Waals surface area contributed by atoms with Crippen LogP contribution >= 0.6 is 0 Å². The van der Waals surface area contributed by atoms with Crippen molar-refractivity contribution < 1.29 is 23.8 Å². The second-order valence-corrected chi connectivity index (χ2v) is 5.94. The van der Waals surface area contributed by atoms with Crippen LogP contribution in [-0.2, 0) is 19.1 Å². The summed E-state index contributed by atoms with van der Waals surface area (Å²) in [4.78, 5) is 24.0. The summed E-state index contributed by atoms with van der Waals surface area (Å²) in [6, 6.07) is 11.4. The van der Waals surface area contributed by atoms with Crippen LogP contribution in [0.1, 0.15) is 26.3 Å². The Hall–Kier alpha value is -2.82. The van der Waals surface area contributed by atoms with Crippen molar-refractivity contribution in [2.45, 2.75) is 26.6 Å². The van der Waals surface area contributed by atoms with Gasteiger partial charge in [0, 0.05) is 13.8 Å². The number of cyclic esters (lactones) is 2. The maximum atomic E-state index is 12.0. The molecule has 124 valence electrons. The predicted molar refractivity (Wildman–Crippen MR) is 89.4 cm³/mol. The van der Waals surface area contributed by atoms with Crippen molar-refractivity contribution in [2.75, 3.05) is 6.61 Å². The summed E-state index contributed by atoms with van der Waals surface area (Å²) in [5.74, 6) is -1.78. The largest absolute Gasteiger partial charge is 0.494 e. The number of esters is 2. The van der Waals surface area contributed by atoms with Gasteiger partial charge >= 0.3 is 11.9 Å². The van der Waals surface area contributed by atoms with Gasteiger partial charge in [-0.05, 0) is 47.5 Å². The van der Waals surface area contributed by atoms with Crippen molar-refractivity contribution in [3.05, 3.63) is 47.5 Å². The van der Waals surface area contributed by atoms with Crippen LogP contribution in [-0.4, -0.2) is 24.3 Å². The summed E-state index contributed by atoms with van der Waals surface area (Å²) in [5.41, 5.74) is 0.606. The van der Waals surface area contributed by atoms with Gasteiger partial charge in [0.05, 0.1) is 6.61 Å². The van der Waals surface area contributed by atoms with Gasteiger partial charge in [-0.1, -0.05) is 18.2 Å². The first-order chi connectivity index (χ1) is 11.4. The minimum absolute atomic E-state index is 0.111. The molecule has 5 heteroatoms. The SMILES string of the molecule is CCOc1ccc2cc(C=C3C(=O)OC(C)(C)OC3=O)ccc2c1. The number of fused-ring (bicyclic) bond motifs is 1. The van der Waals surface area contributed by atoms with E-state index in [0.717, 1.165) is 22.1 Å². The lowest BCUT2D eigenvalue weighted by Crippen LogP contribution is -2.41. The van der Waals surface area contributed by atoms with Gasteiger partial charge in [-0.25, -0.2) is 9.59 Å². The number of hydrogen-bond donors (Lipinski definition) is 0. The molecule has 0 amide bonds. The topological polar surface area (TPSA) is 61.8 Å². The molecule has 0 unspecified atom stereocenters. The van der Waals surface area contributed by atoms with Crippen molar-refractivity contribution in [1.29, 1.82) is 0 Å². The molecule has 24 heavy (non-hydrogen) atoms. The summed E-state index contributed by atoms with van der Waals surface area (Å²) in [5, 5.41) is 1.99. The normalized spacial score (nSPS) is 16.5. The number of carbonyl (C=O) groups is 2. The molecule has 3 rings (SSSR count). The summed E-state index contributed by atoms with van der Waals surface area (Å²) in [6.45, 7) is 5.58. The third kappa shape index (κ3) is 3.25. The Balaban J connectivity index is 1.94. The van der Waals surface area contributed by atoms with Crippen LogP contribution in [0.2, 0.25) is 0 Å². The van der Waals surface area contributed by atoms with Crippen molar-refractivity contribution in [3.63, 3.8) is 0 Å². The highest BCUT2D eigenvalue weighted by molar-refractivity contribution is 6.19. The summed E-state index contributed by atoms with van der Waals surface area (Å²) < 4.78 is 15.7. The predicted octanol–water partition coefficient (Wildman–Crippen LogP) is 3.46. The third-order valence-corrected chi connectivity index (χ3v) is 3.57. The van der Waals surface area contributed by atoms with Crippen LogP contribution in [0.15, 0.2) is 42.0 Å². The highest BCUT2D eigenvalue weighted by Gasteiger charge is 2.38. The zero-order valence-corrected chi connectivity index (χ0v) is 13.8. The van der Waals surface area contributed by atoms with E-state index in [9.17, 15) is 9.59 Å². The molecular weight excluding hydrogens is 308 g/mol. The Morgan fingerprint density at radius 2 is 1.62 bits per heavy atom. The number of ether oxygens (including phenoxy) is 3. The van der Waals surface area contributed by atoms with E-state index in [1.165, 1.54) is 19.9 Å². The number of rotatable bonds is 3. The van der Waals surface area contributed by atoms with E-state index in [-0.39, 0.29) is 5.57 Å². The number of hydrogen-bond acceptors (Lipinski definition) is 5. The second-order valence-electron chi connectivity index (χ2n) is 5.94. The van der Waals surface area contributed by atoms with E-state index in [1.54, 1.807) is 0 Å². The Bertz CT molecular complexity index is 826. The first-order valence-electron chi connectivity index (χ1n) is 7.73. The Morgan fingerprint density at radius 3 is 2.29 bits per heavy atom. The van der Waals surface area contributed by atoms with Crippen LogP contribution in [0.5, 0.6) is 5.75 Å². The van der Waals surface area contributed by atoms with Crippen LogP contribution in [0.3, 0.4) is 0 Å². The van der Waals surface area contributed by atoms with E-state index in [1.807, 2.05) is 43.3 Å². The fourth-order valence-electron chi connectivity index (χ4n) is 2.53. The lowest BCUT2D eigenvalue weighted by Gasteiger charge is -2.29. The molecule has 0 N–H and O–H groups in total. The van der Waals surface area contributed by atoms with Gasteiger partial charge in [0.25, 0.3) is 5.79 Å². The average Bonchev–Trinajstić information content (AvgIpc) is 2.50. The molecule has 0 spiro atoms. The number of carbonyl (C=O) groups excluding carboxylic acids is 2. The molecule has 0 atom stereocenters. The number of benzene rings is 2. The van der Waals surface area contributed by atoms with Gasteiger partial charge in [0.2, 0.25) is 0 Å². The van der Waals surface area contributed by atoms with Crippen molar-refractivity contribution >= 4 is 28.8 Å². The monoisotopic (exact) mass is 326 g/mol. The van der Waals surface area contributed by atoms with Crippen LogP contribution in [0.4, 0.5) is 0 Å².